The van der Waals surface area contributed by atoms with Gasteiger partial charge in [0.2, 0.25) is 5.91 Å². The van der Waals surface area contributed by atoms with Gasteiger partial charge in [-0.1, -0.05) is 29.5 Å². The molecule has 0 aliphatic carbocycles. The van der Waals surface area contributed by atoms with Crippen molar-refractivity contribution < 1.29 is 19.1 Å². The first-order valence-corrected chi connectivity index (χ1v) is 9.37. The SMILES string of the molecule is COc1cccc(C(=O)NCC(=O)NCc2ccc(Oc3nccs3)cc2)c1. The van der Waals surface area contributed by atoms with Crippen LogP contribution in [0.2, 0.25) is 0 Å². The van der Waals surface area contributed by atoms with Gasteiger partial charge >= 0.3 is 0 Å². The maximum Gasteiger partial charge on any atom is 0.278 e. The predicted molar refractivity (Wildman–Crippen MR) is 106 cm³/mol. The summed E-state index contributed by atoms with van der Waals surface area (Å²) < 4.78 is 10.7. The van der Waals surface area contributed by atoms with Gasteiger partial charge in [-0.05, 0) is 35.9 Å². The molecule has 2 N–H and O–H groups in total. The normalized spacial score (nSPS) is 10.2. The Balaban J connectivity index is 1.43. The van der Waals surface area contributed by atoms with Gasteiger partial charge in [0.05, 0.1) is 13.7 Å². The maximum absolute atomic E-state index is 12.1. The first-order valence-electron chi connectivity index (χ1n) is 8.49. The lowest BCUT2D eigenvalue weighted by Crippen LogP contribution is -2.36. The van der Waals surface area contributed by atoms with Gasteiger partial charge in [-0.25, -0.2) is 4.98 Å². The topological polar surface area (TPSA) is 89.5 Å². The molecule has 7 nitrogen and oxygen atoms in total. The monoisotopic (exact) mass is 397 g/mol. The minimum Gasteiger partial charge on any atom is -0.497 e. The number of ether oxygens (including phenoxy) is 2. The summed E-state index contributed by atoms with van der Waals surface area (Å²) in [5.41, 5.74) is 1.35. The van der Waals surface area contributed by atoms with Crippen molar-refractivity contribution in [2.24, 2.45) is 0 Å². The van der Waals surface area contributed by atoms with Crippen LogP contribution in [0.15, 0.2) is 60.1 Å². The third-order valence-corrected chi connectivity index (χ3v) is 4.42. The van der Waals surface area contributed by atoms with Crippen LogP contribution in [0, 0.1) is 0 Å². The van der Waals surface area contributed by atoms with E-state index >= 15 is 0 Å². The summed E-state index contributed by atoms with van der Waals surface area (Å²) in [6, 6.07) is 14.1. The molecule has 1 aromatic heterocycles. The number of carbonyl (C=O) groups is 2. The third-order valence-electron chi connectivity index (χ3n) is 3.77. The number of rotatable bonds is 8. The van der Waals surface area contributed by atoms with Crippen LogP contribution >= 0.6 is 11.3 Å². The van der Waals surface area contributed by atoms with E-state index in [1.54, 1.807) is 30.5 Å². The summed E-state index contributed by atoms with van der Waals surface area (Å²) in [5, 5.41) is 7.77. The zero-order valence-corrected chi connectivity index (χ0v) is 16.0. The minimum absolute atomic E-state index is 0.110. The molecule has 144 valence electrons. The van der Waals surface area contributed by atoms with E-state index in [-0.39, 0.29) is 18.4 Å². The van der Waals surface area contributed by atoms with Crippen LogP contribution in [0.4, 0.5) is 0 Å². The first kappa shape index (κ1) is 19.4. The Labute approximate surface area is 166 Å². The molecule has 0 aliphatic heterocycles. The molecule has 0 fully saturated rings. The molecule has 0 atom stereocenters. The second-order valence-electron chi connectivity index (χ2n) is 5.74. The Hall–Kier alpha value is -3.39. The second kappa shape index (κ2) is 9.52. The Kier molecular flexibility index (Phi) is 6.59. The van der Waals surface area contributed by atoms with E-state index in [0.717, 1.165) is 5.56 Å². The molecule has 3 aromatic rings. The van der Waals surface area contributed by atoms with Crippen LogP contribution in [-0.4, -0.2) is 30.5 Å². The molecule has 2 amide bonds. The highest BCUT2D eigenvalue weighted by atomic mass is 32.1. The maximum atomic E-state index is 12.1. The van der Waals surface area contributed by atoms with Crippen molar-refractivity contribution in [3.63, 3.8) is 0 Å². The largest absolute Gasteiger partial charge is 0.497 e. The molecule has 2 aromatic carbocycles. The lowest BCUT2D eigenvalue weighted by atomic mass is 10.2. The molecular formula is C20H19N3O4S. The van der Waals surface area contributed by atoms with Crippen LogP contribution in [0.3, 0.4) is 0 Å². The fraction of sp³-hybridized carbons (Fsp3) is 0.150. The molecule has 0 spiro atoms. The number of thiazole rings is 1. The molecular weight excluding hydrogens is 378 g/mol. The number of nitrogens with one attached hydrogen (secondary N) is 2. The summed E-state index contributed by atoms with van der Waals surface area (Å²) in [6.07, 6.45) is 1.68. The number of nitrogens with zero attached hydrogens (tertiary/aromatic N) is 1. The van der Waals surface area contributed by atoms with Gasteiger partial charge in [0, 0.05) is 23.7 Å². The summed E-state index contributed by atoms with van der Waals surface area (Å²) in [6.45, 7) is 0.243. The number of aromatic nitrogens is 1. The van der Waals surface area contributed by atoms with Gasteiger partial charge in [-0.2, -0.15) is 0 Å². The second-order valence-corrected chi connectivity index (χ2v) is 6.59. The smallest absolute Gasteiger partial charge is 0.278 e. The molecule has 0 unspecified atom stereocenters. The molecule has 1 heterocycles. The molecule has 0 saturated carbocycles. The van der Waals surface area contributed by atoms with Gasteiger partial charge in [-0.15, -0.1) is 0 Å². The Morgan fingerprint density at radius 3 is 2.61 bits per heavy atom. The van der Waals surface area contributed by atoms with E-state index in [1.165, 1.54) is 18.4 Å². The standard InChI is InChI=1S/C20H19N3O4S/c1-26-17-4-2-3-15(11-17)19(25)23-13-18(24)22-12-14-5-7-16(8-6-14)27-20-21-9-10-28-20/h2-11H,12-13H2,1H3,(H,22,24)(H,23,25). The summed E-state index contributed by atoms with van der Waals surface area (Å²) in [7, 11) is 1.53. The average molecular weight is 397 g/mol. The third kappa shape index (κ3) is 5.55. The Bertz CT molecular complexity index is 927. The lowest BCUT2D eigenvalue weighted by Gasteiger charge is -2.08. The summed E-state index contributed by atoms with van der Waals surface area (Å²) in [4.78, 5) is 28.1. The van der Waals surface area contributed by atoms with Crippen molar-refractivity contribution >= 4 is 23.2 Å². The lowest BCUT2D eigenvalue weighted by molar-refractivity contribution is -0.120. The van der Waals surface area contributed by atoms with Gasteiger partial charge in [0.15, 0.2) is 0 Å². The van der Waals surface area contributed by atoms with E-state index in [2.05, 4.69) is 15.6 Å². The van der Waals surface area contributed by atoms with E-state index in [4.69, 9.17) is 9.47 Å². The van der Waals surface area contributed by atoms with Crippen molar-refractivity contribution in [1.82, 2.24) is 15.6 Å². The highest BCUT2D eigenvalue weighted by Gasteiger charge is 2.09. The number of benzene rings is 2. The van der Waals surface area contributed by atoms with Crippen molar-refractivity contribution in [3.05, 3.63) is 71.2 Å². The Morgan fingerprint density at radius 2 is 1.89 bits per heavy atom. The number of amides is 2. The molecule has 0 bridgehead atoms. The van der Waals surface area contributed by atoms with Gasteiger partial charge in [0.25, 0.3) is 11.1 Å². The van der Waals surface area contributed by atoms with E-state index in [9.17, 15) is 9.59 Å². The van der Waals surface area contributed by atoms with E-state index < -0.39 is 0 Å². The Morgan fingerprint density at radius 1 is 1.07 bits per heavy atom. The van der Waals surface area contributed by atoms with Crippen LogP contribution in [0.5, 0.6) is 16.7 Å². The molecule has 28 heavy (non-hydrogen) atoms. The first-order chi connectivity index (χ1) is 13.6. The molecule has 0 aliphatic rings. The van der Waals surface area contributed by atoms with Gasteiger partial charge < -0.3 is 20.1 Å². The zero-order chi connectivity index (χ0) is 19.8. The number of carbonyl (C=O) groups excluding carboxylic acids is 2. The van der Waals surface area contributed by atoms with E-state index in [1.807, 2.05) is 29.6 Å². The fourth-order valence-corrected chi connectivity index (χ4v) is 2.83. The van der Waals surface area contributed by atoms with Crippen LogP contribution in [0.1, 0.15) is 15.9 Å². The average Bonchev–Trinajstić information content (AvgIpc) is 3.24. The molecule has 0 radical (unpaired) electrons. The van der Waals surface area contributed by atoms with Crippen LogP contribution in [-0.2, 0) is 11.3 Å². The van der Waals surface area contributed by atoms with Crippen molar-refractivity contribution in [1.29, 1.82) is 0 Å². The highest BCUT2D eigenvalue weighted by Crippen LogP contribution is 2.23. The highest BCUT2D eigenvalue weighted by molar-refractivity contribution is 7.11. The van der Waals surface area contributed by atoms with Gasteiger partial charge in [0.1, 0.15) is 11.5 Å². The zero-order valence-electron chi connectivity index (χ0n) is 15.2. The predicted octanol–water partition coefficient (Wildman–Crippen LogP) is 2.99. The minimum atomic E-state index is -0.335. The quantitative estimate of drug-likeness (QED) is 0.610. The summed E-state index contributed by atoms with van der Waals surface area (Å²) in [5.74, 6) is 0.645. The molecule has 8 heteroatoms. The van der Waals surface area contributed by atoms with Crippen molar-refractivity contribution in [2.75, 3.05) is 13.7 Å². The number of methoxy groups -OCH3 is 1. The molecule has 3 rings (SSSR count). The fourth-order valence-electron chi connectivity index (χ4n) is 2.33. The molecule has 0 saturated heterocycles. The summed E-state index contributed by atoms with van der Waals surface area (Å²) >= 11 is 1.41. The van der Waals surface area contributed by atoms with Gasteiger partial charge in [-0.3, -0.25) is 9.59 Å². The van der Waals surface area contributed by atoms with Crippen LogP contribution < -0.4 is 20.1 Å². The van der Waals surface area contributed by atoms with E-state index in [0.29, 0.717) is 28.8 Å². The number of hydrogen-bond donors (Lipinski definition) is 2. The van der Waals surface area contributed by atoms with Crippen molar-refractivity contribution in [2.45, 2.75) is 6.54 Å². The van der Waals surface area contributed by atoms with Crippen molar-refractivity contribution in [3.8, 4) is 16.7 Å². The van der Waals surface area contributed by atoms with Crippen LogP contribution in [0.25, 0.3) is 0 Å². The number of hydrogen-bond acceptors (Lipinski definition) is 6.